The molecule has 0 saturated heterocycles. The minimum atomic E-state index is -5.92. The lowest BCUT2D eigenvalue weighted by atomic mass is 9.98. The van der Waals surface area contributed by atoms with Gasteiger partial charge in [0, 0.05) is 10.0 Å². The Morgan fingerprint density at radius 2 is 1.45 bits per heavy atom. The van der Waals surface area contributed by atoms with Gasteiger partial charge in [-0.3, -0.25) is 4.79 Å². The Kier molecular flexibility index (Phi) is 3.58. The number of hydrogen-bond acceptors (Lipinski definition) is 1. The van der Waals surface area contributed by atoms with Crippen molar-refractivity contribution < 1.29 is 26.7 Å². The summed E-state index contributed by atoms with van der Waals surface area (Å²) >= 11 is 3.15. The summed E-state index contributed by atoms with van der Waals surface area (Å²) in [5.74, 6) is -7.67. The van der Waals surface area contributed by atoms with Gasteiger partial charge in [0.25, 0.3) is 0 Å². The number of hydrogen-bond donors (Lipinski definition) is 0. The van der Waals surface area contributed by atoms with E-state index < -0.39 is 23.4 Å². The van der Waals surface area contributed by atoms with Gasteiger partial charge in [0.05, 0.1) is 0 Å². The zero-order chi connectivity index (χ0) is 15.1. The second-order valence-corrected chi connectivity index (χ2v) is 4.90. The highest BCUT2D eigenvalue weighted by atomic mass is 79.9. The Bertz CT molecular complexity index is 678. The molecule has 1 nitrogen and oxygen atoms in total. The van der Waals surface area contributed by atoms with E-state index in [1.165, 1.54) is 24.3 Å². The van der Waals surface area contributed by atoms with E-state index in [1.54, 1.807) is 6.07 Å². The number of carbonyl (C=O) groups excluding carboxylic acids is 1. The number of fused-ring (bicyclic) bond motifs is 1. The monoisotopic (exact) mass is 352 g/mol. The van der Waals surface area contributed by atoms with Crippen LogP contribution in [0, 0.1) is 0 Å². The van der Waals surface area contributed by atoms with Crippen molar-refractivity contribution in [2.45, 2.75) is 12.1 Å². The summed E-state index contributed by atoms with van der Waals surface area (Å²) in [4.78, 5) is 11.6. The van der Waals surface area contributed by atoms with E-state index in [0.717, 1.165) is 6.07 Å². The van der Waals surface area contributed by atoms with E-state index in [2.05, 4.69) is 15.9 Å². The molecule has 0 saturated carbocycles. The molecule has 0 spiro atoms. The van der Waals surface area contributed by atoms with Gasteiger partial charge in [-0.2, -0.15) is 22.0 Å². The van der Waals surface area contributed by atoms with Crippen molar-refractivity contribution in [2.24, 2.45) is 0 Å². The van der Waals surface area contributed by atoms with Gasteiger partial charge < -0.3 is 0 Å². The zero-order valence-corrected chi connectivity index (χ0v) is 11.2. The number of carbonyl (C=O) groups is 1. The second-order valence-electron chi connectivity index (χ2n) is 4.04. The van der Waals surface area contributed by atoms with Crippen molar-refractivity contribution in [1.82, 2.24) is 0 Å². The molecule has 106 valence electrons. The van der Waals surface area contributed by atoms with Crippen molar-refractivity contribution in [2.75, 3.05) is 0 Å². The van der Waals surface area contributed by atoms with Crippen LogP contribution in [0.5, 0.6) is 0 Å². The van der Waals surface area contributed by atoms with Crippen LogP contribution in [0.3, 0.4) is 0 Å². The van der Waals surface area contributed by atoms with E-state index in [-0.39, 0.29) is 5.39 Å². The summed E-state index contributed by atoms with van der Waals surface area (Å²) in [7, 11) is 0. The standard InChI is InChI=1S/C13H6BrF5O/c14-10-6-5-9(7-3-1-2-4-8(7)10)11(20)12(15,16)13(17,18)19/h1-6H. The van der Waals surface area contributed by atoms with Crippen LogP contribution in [-0.4, -0.2) is 17.9 Å². The van der Waals surface area contributed by atoms with Gasteiger partial charge in [0.1, 0.15) is 0 Å². The van der Waals surface area contributed by atoms with Gasteiger partial charge in [-0.1, -0.05) is 40.2 Å². The summed E-state index contributed by atoms with van der Waals surface area (Å²) in [5.41, 5.74) is -0.661. The van der Waals surface area contributed by atoms with Crippen LogP contribution in [0.15, 0.2) is 40.9 Å². The number of alkyl halides is 5. The molecule has 0 aliphatic rings. The van der Waals surface area contributed by atoms with Crippen molar-refractivity contribution in [3.05, 3.63) is 46.4 Å². The topological polar surface area (TPSA) is 17.1 Å². The average Bonchev–Trinajstić information content (AvgIpc) is 2.37. The number of ketones is 1. The fourth-order valence-electron chi connectivity index (χ4n) is 1.76. The summed E-state index contributed by atoms with van der Waals surface area (Å²) in [5, 5.41) is 0.423. The lowest BCUT2D eigenvalue weighted by Gasteiger charge is -2.19. The third-order valence-electron chi connectivity index (χ3n) is 2.76. The predicted octanol–water partition coefficient (Wildman–Crippen LogP) is 4.98. The molecular weight excluding hydrogens is 347 g/mol. The van der Waals surface area contributed by atoms with Gasteiger partial charge in [-0.15, -0.1) is 0 Å². The smallest absolute Gasteiger partial charge is 0.287 e. The summed E-state index contributed by atoms with van der Waals surface area (Å²) in [6, 6.07) is 8.10. The maximum Gasteiger partial charge on any atom is 0.461 e. The summed E-state index contributed by atoms with van der Waals surface area (Å²) in [6.07, 6.45) is -5.92. The third-order valence-corrected chi connectivity index (χ3v) is 3.45. The molecule has 2 aromatic rings. The normalized spacial score (nSPS) is 12.7. The summed E-state index contributed by atoms with van der Waals surface area (Å²) in [6.45, 7) is 0. The number of halogens is 6. The van der Waals surface area contributed by atoms with Crippen LogP contribution >= 0.6 is 15.9 Å². The number of rotatable bonds is 2. The van der Waals surface area contributed by atoms with Crippen LogP contribution in [0.4, 0.5) is 22.0 Å². The van der Waals surface area contributed by atoms with Gasteiger partial charge in [-0.05, 0) is 22.9 Å². The molecule has 0 aliphatic heterocycles. The lowest BCUT2D eigenvalue weighted by Crippen LogP contribution is -2.44. The summed E-state index contributed by atoms with van der Waals surface area (Å²) < 4.78 is 63.6. The average molecular weight is 353 g/mol. The van der Waals surface area contributed by atoms with Gasteiger partial charge in [0.15, 0.2) is 0 Å². The fraction of sp³-hybridized carbons (Fsp3) is 0.154. The van der Waals surface area contributed by atoms with Crippen LogP contribution < -0.4 is 0 Å². The molecule has 0 aliphatic carbocycles. The number of Topliss-reactive ketones (excluding diaryl/α,β-unsaturated/α-hetero) is 1. The largest absolute Gasteiger partial charge is 0.461 e. The number of benzene rings is 2. The molecule has 0 bridgehead atoms. The third kappa shape index (κ3) is 2.30. The molecule has 0 atom stereocenters. The molecule has 0 radical (unpaired) electrons. The fourth-order valence-corrected chi connectivity index (χ4v) is 2.24. The highest BCUT2D eigenvalue weighted by molar-refractivity contribution is 9.10. The van der Waals surface area contributed by atoms with E-state index in [1.807, 2.05) is 0 Å². The Morgan fingerprint density at radius 1 is 0.900 bits per heavy atom. The Balaban J connectivity index is 2.66. The van der Waals surface area contributed by atoms with Crippen molar-refractivity contribution in [3.8, 4) is 0 Å². The van der Waals surface area contributed by atoms with Gasteiger partial charge >= 0.3 is 12.1 Å². The molecule has 0 amide bonds. The zero-order valence-electron chi connectivity index (χ0n) is 9.64. The van der Waals surface area contributed by atoms with E-state index in [0.29, 0.717) is 9.86 Å². The van der Waals surface area contributed by atoms with E-state index in [9.17, 15) is 26.7 Å². The molecule has 2 aromatic carbocycles. The lowest BCUT2D eigenvalue weighted by molar-refractivity contribution is -0.255. The highest BCUT2D eigenvalue weighted by Gasteiger charge is 2.63. The molecular formula is C13H6BrF5O. The molecule has 0 unspecified atom stereocenters. The molecule has 20 heavy (non-hydrogen) atoms. The first kappa shape index (κ1) is 14.9. The maximum absolute atomic E-state index is 13.2. The van der Waals surface area contributed by atoms with Crippen LogP contribution in [0.2, 0.25) is 0 Å². The molecule has 2 rings (SSSR count). The Morgan fingerprint density at radius 3 is 2.00 bits per heavy atom. The molecule has 0 N–H and O–H groups in total. The van der Waals surface area contributed by atoms with Gasteiger partial charge in [0.2, 0.25) is 5.78 Å². The van der Waals surface area contributed by atoms with Crippen LogP contribution in [0.1, 0.15) is 10.4 Å². The predicted molar refractivity (Wildman–Crippen MR) is 67.0 cm³/mol. The molecule has 0 aromatic heterocycles. The van der Waals surface area contributed by atoms with E-state index >= 15 is 0 Å². The van der Waals surface area contributed by atoms with Crippen LogP contribution in [-0.2, 0) is 0 Å². The van der Waals surface area contributed by atoms with E-state index in [4.69, 9.17) is 0 Å². The Labute approximate surface area is 118 Å². The first-order chi connectivity index (χ1) is 9.16. The minimum Gasteiger partial charge on any atom is -0.287 e. The maximum atomic E-state index is 13.2. The first-order valence-electron chi connectivity index (χ1n) is 5.33. The Hall–Kier alpha value is -1.50. The molecule has 0 fully saturated rings. The first-order valence-corrected chi connectivity index (χ1v) is 6.12. The quantitative estimate of drug-likeness (QED) is 0.550. The van der Waals surface area contributed by atoms with Crippen molar-refractivity contribution in [1.29, 1.82) is 0 Å². The van der Waals surface area contributed by atoms with Crippen LogP contribution in [0.25, 0.3) is 10.8 Å². The second kappa shape index (κ2) is 4.80. The minimum absolute atomic E-state index is 0.0378. The molecule has 7 heteroatoms. The SMILES string of the molecule is O=C(c1ccc(Br)c2ccccc12)C(F)(F)C(F)(F)F. The van der Waals surface area contributed by atoms with Gasteiger partial charge in [-0.25, -0.2) is 0 Å². The van der Waals surface area contributed by atoms with Crippen molar-refractivity contribution in [3.63, 3.8) is 0 Å². The van der Waals surface area contributed by atoms with Crippen molar-refractivity contribution >= 4 is 32.5 Å². The highest BCUT2D eigenvalue weighted by Crippen LogP contribution is 2.39. The molecule has 0 heterocycles.